The van der Waals surface area contributed by atoms with Crippen molar-refractivity contribution in [2.24, 2.45) is 0 Å². The second-order valence-corrected chi connectivity index (χ2v) is 5.24. The van der Waals surface area contributed by atoms with Crippen LogP contribution in [0.5, 0.6) is 5.75 Å². The van der Waals surface area contributed by atoms with Gasteiger partial charge < -0.3 is 15.5 Å². The summed E-state index contributed by atoms with van der Waals surface area (Å²) in [4.78, 5) is 0. The molecule has 0 radical (unpaired) electrons. The number of benzene rings is 1. The number of hydrogen-bond acceptors (Lipinski definition) is 3. The van der Waals surface area contributed by atoms with E-state index in [0.29, 0.717) is 6.42 Å². The van der Waals surface area contributed by atoms with E-state index < -0.39 is 5.60 Å². The Morgan fingerprint density at radius 2 is 2.05 bits per heavy atom. The second kappa shape index (κ2) is 6.10. The van der Waals surface area contributed by atoms with E-state index in [1.807, 2.05) is 12.1 Å². The summed E-state index contributed by atoms with van der Waals surface area (Å²) in [6.07, 6.45) is 10.0. The summed E-state index contributed by atoms with van der Waals surface area (Å²) in [7, 11) is 0. The Kier molecular flexibility index (Phi) is 4.47. The van der Waals surface area contributed by atoms with Gasteiger partial charge in [-0.2, -0.15) is 0 Å². The van der Waals surface area contributed by atoms with Crippen molar-refractivity contribution in [3.8, 4) is 18.1 Å². The molecule has 3 nitrogen and oxygen atoms in total. The number of terminal acetylenes is 1. The number of aliphatic hydroxyl groups is 1. The average Bonchev–Trinajstić information content (AvgIpc) is 2.43. The van der Waals surface area contributed by atoms with Gasteiger partial charge in [-0.3, -0.25) is 0 Å². The van der Waals surface area contributed by atoms with E-state index in [2.05, 4.69) is 11.2 Å². The lowest BCUT2D eigenvalue weighted by Crippen LogP contribution is -2.52. The largest absolute Gasteiger partial charge is 0.508 e. The topological polar surface area (TPSA) is 52.5 Å². The van der Waals surface area contributed by atoms with E-state index in [1.54, 1.807) is 12.1 Å². The molecule has 1 fully saturated rings. The molecule has 2 rings (SSSR count). The van der Waals surface area contributed by atoms with Crippen molar-refractivity contribution in [3.63, 3.8) is 0 Å². The Hall–Kier alpha value is -1.50. The lowest BCUT2D eigenvalue weighted by molar-refractivity contribution is 0.0265. The molecule has 1 aliphatic rings. The fourth-order valence-electron chi connectivity index (χ4n) is 2.65. The first-order chi connectivity index (χ1) is 9.14. The van der Waals surface area contributed by atoms with Crippen LogP contribution in [0.4, 0.5) is 0 Å². The number of rotatable bonds is 4. The molecule has 0 saturated heterocycles. The van der Waals surface area contributed by atoms with Gasteiger partial charge in [-0.15, -0.1) is 6.42 Å². The predicted molar refractivity (Wildman–Crippen MR) is 75.9 cm³/mol. The average molecular weight is 259 g/mol. The molecule has 1 saturated carbocycles. The van der Waals surface area contributed by atoms with E-state index in [0.717, 1.165) is 37.8 Å². The quantitative estimate of drug-likeness (QED) is 0.723. The Morgan fingerprint density at radius 1 is 1.32 bits per heavy atom. The number of phenolic OH excluding ortho intramolecular Hbond substituents is 1. The van der Waals surface area contributed by atoms with Gasteiger partial charge in [0.2, 0.25) is 0 Å². The maximum Gasteiger partial charge on any atom is 0.140 e. The molecule has 0 unspecified atom stereocenters. The summed E-state index contributed by atoms with van der Waals surface area (Å²) < 4.78 is 0. The number of phenols is 1. The molecule has 0 bridgehead atoms. The van der Waals surface area contributed by atoms with Crippen molar-refractivity contribution < 1.29 is 10.2 Å². The summed E-state index contributed by atoms with van der Waals surface area (Å²) in [6, 6.07) is 7.18. The van der Waals surface area contributed by atoms with Crippen LogP contribution in [0, 0.1) is 12.3 Å². The van der Waals surface area contributed by atoms with Crippen LogP contribution in [0.15, 0.2) is 24.3 Å². The molecule has 0 aliphatic heterocycles. The molecule has 0 heterocycles. The highest BCUT2D eigenvalue weighted by atomic mass is 16.3. The first kappa shape index (κ1) is 13.9. The van der Waals surface area contributed by atoms with Gasteiger partial charge >= 0.3 is 0 Å². The van der Waals surface area contributed by atoms with Crippen molar-refractivity contribution in [2.75, 3.05) is 6.54 Å². The molecule has 19 heavy (non-hydrogen) atoms. The molecular weight excluding hydrogens is 238 g/mol. The molecule has 1 aliphatic carbocycles. The Labute approximate surface area is 114 Å². The summed E-state index contributed by atoms with van der Waals surface area (Å²) in [5, 5.41) is 22.9. The maximum absolute atomic E-state index is 10.3. The molecule has 0 spiro atoms. The fraction of sp³-hybridized carbons (Fsp3) is 0.500. The summed E-state index contributed by atoms with van der Waals surface area (Å²) in [5.74, 6) is 2.83. The number of hydrogen-bond donors (Lipinski definition) is 3. The normalized spacial score (nSPS) is 26.8. The smallest absolute Gasteiger partial charge is 0.140 e. The van der Waals surface area contributed by atoms with Crippen molar-refractivity contribution in [3.05, 3.63) is 29.8 Å². The van der Waals surface area contributed by atoms with Crippen LogP contribution in [-0.2, 0) is 6.42 Å². The molecule has 2 atom stereocenters. The van der Waals surface area contributed by atoms with Crippen LogP contribution >= 0.6 is 0 Å². The molecule has 1 aromatic rings. The molecule has 1 aromatic carbocycles. The van der Waals surface area contributed by atoms with Gasteiger partial charge in [-0.05, 0) is 49.9 Å². The van der Waals surface area contributed by atoms with Crippen LogP contribution in [0.25, 0.3) is 0 Å². The zero-order chi connectivity index (χ0) is 13.7. The second-order valence-electron chi connectivity index (χ2n) is 5.24. The number of aromatic hydroxyl groups is 1. The van der Waals surface area contributed by atoms with Crippen LogP contribution < -0.4 is 5.32 Å². The lowest BCUT2D eigenvalue weighted by atomic mass is 9.81. The minimum Gasteiger partial charge on any atom is -0.508 e. The van der Waals surface area contributed by atoms with Crippen LogP contribution in [0.1, 0.15) is 31.2 Å². The monoisotopic (exact) mass is 259 g/mol. The minimum absolute atomic E-state index is 0.0108. The van der Waals surface area contributed by atoms with E-state index in [-0.39, 0.29) is 11.8 Å². The SMILES string of the molecule is C#C[C@@]1(O)CCCC[C@@H]1NCCc1ccc(O)cc1. The standard InChI is InChI=1S/C16H21NO2/c1-2-16(19)11-4-3-5-15(16)17-12-10-13-6-8-14(18)9-7-13/h1,6-9,15,17-19H,3-5,10-12H2/t15-,16+/m0/s1. The zero-order valence-electron chi connectivity index (χ0n) is 11.1. The van der Waals surface area contributed by atoms with Gasteiger partial charge in [0.1, 0.15) is 11.4 Å². The minimum atomic E-state index is -0.993. The summed E-state index contributed by atoms with van der Waals surface area (Å²) >= 11 is 0. The van der Waals surface area contributed by atoms with E-state index >= 15 is 0 Å². The molecule has 102 valence electrons. The molecule has 3 N–H and O–H groups in total. The number of nitrogens with one attached hydrogen (secondary N) is 1. The fourth-order valence-corrected chi connectivity index (χ4v) is 2.65. The predicted octanol–water partition coefficient (Wildman–Crippen LogP) is 1.83. The third-order valence-electron chi connectivity index (χ3n) is 3.87. The Balaban J connectivity index is 1.85. The van der Waals surface area contributed by atoms with Gasteiger partial charge in [0.05, 0.1) is 0 Å². The van der Waals surface area contributed by atoms with Crippen LogP contribution in [-0.4, -0.2) is 28.4 Å². The van der Waals surface area contributed by atoms with Crippen LogP contribution in [0.2, 0.25) is 0 Å². The van der Waals surface area contributed by atoms with E-state index in [4.69, 9.17) is 6.42 Å². The van der Waals surface area contributed by atoms with Crippen molar-refractivity contribution in [1.29, 1.82) is 0 Å². The third-order valence-corrected chi connectivity index (χ3v) is 3.87. The van der Waals surface area contributed by atoms with Crippen LogP contribution in [0.3, 0.4) is 0 Å². The first-order valence-corrected chi connectivity index (χ1v) is 6.85. The zero-order valence-corrected chi connectivity index (χ0v) is 11.1. The summed E-state index contributed by atoms with van der Waals surface area (Å²) in [5.41, 5.74) is 0.165. The maximum atomic E-state index is 10.3. The van der Waals surface area contributed by atoms with Crippen molar-refractivity contribution >= 4 is 0 Å². The molecular formula is C16H21NO2. The van der Waals surface area contributed by atoms with Gasteiger partial charge in [0.15, 0.2) is 0 Å². The first-order valence-electron chi connectivity index (χ1n) is 6.85. The Bertz CT molecular complexity index is 449. The summed E-state index contributed by atoms with van der Waals surface area (Å²) in [6.45, 7) is 0.777. The molecule has 3 heteroatoms. The van der Waals surface area contributed by atoms with E-state index in [1.165, 1.54) is 0 Å². The lowest BCUT2D eigenvalue weighted by Gasteiger charge is -2.36. The highest BCUT2D eigenvalue weighted by molar-refractivity contribution is 5.26. The van der Waals surface area contributed by atoms with Crippen molar-refractivity contribution in [1.82, 2.24) is 5.32 Å². The highest BCUT2D eigenvalue weighted by Gasteiger charge is 2.36. The Morgan fingerprint density at radius 3 is 2.74 bits per heavy atom. The van der Waals surface area contributed by atoms with Gasteiger partial charge in [0.25, 0.3) is 0 Å². The van der Waals surface area contributed by atoms with Gasteiger partial charge in [-0.1, -0.05) is 24.5 Å². The highest BCUT2D eigenvalue weighted by Crippen LogP contribution is 2.27. The van der Waals surface area contributed by atoms with Gasteiger partial charge in [0, 0.05) is 6.04 Å². The molecule has 0 amide bonds. The van der Waals surface area contributed by atoms with E-state index in [9.17, 15) is 10.2 Å². The van der Waals surface area contributed by atoms with Crippen molar-refractivity contribution in [2.45, 2.75) is 43.7 Å². The molecule has 0 aromatic heterocycles. The van der Waals surface area contributed by atoms with Gasteiger partial charge in [-0.25, -0.2) is 0 Å². The third kappa shape index (κ3) is 3.50.